The summed E-state index contributed by atoms with van der Waals surface area (Å²) in [5.41, 5.74) is 6.49. The summed E-state index contributed by atoms with van der Waals surface area (Å²) in [7, 11) is 0. The second-order valence-electron chi connectivity index (χ2n) is 3.59. The van der Waals surface area contributed by atoms with Crippen molar-refractivity contribution in [2.24, 2.45) is 0 Å². The smallest absolute Gasteiger partial charge is 0.224 e. The first-order valence-electron chi connectivity index (χ1n) is 5.42. The van der Waals surface area contributed by atoms with Crippen LogP contribution < -0.4 is 10.5 Å². The van der Waals surface area contributed by atoms with E-state index in [1.54, 1.807) is 12.3 Å². The molecule has 0 saturated carbocycles. The van der Waals surface area contributed by atoms with Crippen molar-refractivity contribution < 1.29 is 4.74 Å². The quantitative estimate of drug-likeness (QED) is 0.874. The van der Waals surface area contributed by atoms with Crippen molar-refractivity contribution in [1.29, 1.82) is 0 Å². The molecule has 2 heterocycles. The van der Waals surface area contributed by atoms with E-state index in [2.05, 4.69) is 15.0 Å². The van der Waals surface area contributed by atoms with Gasteiger partial charge in [-0.25, -0.2) is 4.98 Å². The van der Waals surface area contributed by atoms with E-state index in [-0.39, 0.29) is 0 Å². The largest absolute Gasteiger partial charge is 0.437 e. The number of ether oxygens (including phenoxy) is 1. The van der Waals surface area contributed by atoms with Gasteiger partial charge in [-0.15, -0.1) is 0 Å². The fourth-order valence-corrected chi connectivity index (χ4v) is 1.39. The monoisotopic (exact) mass is 230 g/mol. The normalized spacial score (nSPS) is 10.2. The van der Waals surface area contributed by atoms with Crippen molar-refractivity contribution in [2.75, 3.05) is 5.73 Å². The fraction of sp³-hybridized carbons (Fsp3) is 0.250. The summed E-state index contributed by atoms with van der Waals surface area (Å²) in [5.74, 6) is 2.20. The summed E-state index contributed by atoms with van der Waals surface area (Å²) in [6, 6.07) is 5.26. The van der Waals surface area contributed by atoms with Gasteiger partial charge in [0.2, 0.25) is 5.88 Å². The second-order valence-corrected chi connectivity index (χ2v) is 3.59. The van der Waals surface area contributed by atoms with Crippen molar-refractivity contribution >= 4 is 5.82 Å². The van der Waals surface area contributed by atoms with E-state index in [1.165, 1.54) is 0 Å². The van der Waals surface area contributed by atoms with E-state index in [4.69, 9.17) is 10.5 Å². The average Bonchev–Trinajstić information content (AvgIpc) is 2.31. The molecule has 0 aromatic carbocycles. The molecule has 2 aromatic heterocycles. The highest BCUT2D eigenvalue weighted by atomic mass is 16.5. The Morgan fingerprint density at radius 1 is 1.35 bits per heavy atom. The minimum atomic E-state index is 0.411. The fourth-order valence-electron chi connectivity index (χ4n) is 1.39. The molecule has 0 spiro atoms. The third-order valence-corrected chi connectivity index (χ3v) is 2.26. The molecule has 2 rings (SSSR count). The van der Waals surface area contributed by atoms with Gasteiger partial charge in [-0.1, -0.05) is 6.92 Å². The van der Waals surface area contributed by atoms with E-state index in [0.717, 1.165) is 5.69 Å². The van der Waals surface area contributed by atoms with Gasteiger partial charge in [0.25, 0.3) is 0 Å². The number of hydrogen-bond donors (Lipinski definition) is 1. The lowest BCUT2D eigenvalue weighted by molar-refractivity contribution is 0.453. The second kappa shape index (κ2) is 4.78. The van der Waals surface area contributed by atoms with Crippen LogP contribution in [0, 0.1) is 6.92 Å². The summed E-state index contributed by atoms with van der Waals surface area (Å²) < 4.78 is 5.64. The molecular formula is C12H14N4O. The molecule has 2 aromatic rings. The van der Waals surface area contributed by atoms with Gasteiger partial charge in [-0.05, 0) is 19.1 Å². The molecule has 0 saturated heterocycles. The predicted octanol–water partition coefficient (Wildman–Crippen LogP) is 2.12. The van der Waals surface area contributed by atoms with E-state index >= 15 is 0 Å². The predicted molar refractivity (Wildman–Crippen MR) is 64.9 cm³/mol. The Hall–Kier alpha value is -2.17. The number of nitrogens with zero attached hydrogens (tertiary/aromatic N) is 3. The summed E-state index contributed by atoms with van der Waals surface area (Å²) in [4.78, 5) is 12.5. The average molecular weight is 230 g/mol. The summed E-state index contributed by atoms with van der Waals surface area (Å²) in [6.45, 7) is 3.84. The first-order valence-corrected chi connectivity index (χ1v) is 5.42. The molecule has 0 aliphatic heterocycles. The number of rotatable bonds is 3. The van der Waals surface area contributed by atoms with Crippen LogP contribution in [-0.2, 0) is 6.42 Å². The van der Waals surface area contributed by atoms with Crippen LogP contribution >= 0.6 is 0 Å². The molecular weight excluding hydrogens is 216 g/mol. The van der Waals surface area contributed by atoms with Crippen LogP contribution in [0.25, 0.3) is 0 Å². The van der Waals surface area contributed by atoms with Gasteiger partial charge in [0.15, 0.2) is 5.75 Å². The zero-order chi connectivity index (χ0) is 12.3. The van der Waals surface area contributed by atoms with Gasteiger partial charge in [0.05, 0.1) is 5.69 Å². The van der Waals surface area contributed by atoms with Crippen molar-refractivity contribution in [3.63, 3.8) is 0 Å². The lowest BCUT2D eigenvalue weighted by Crippen LogP contribution is -2.01. The van der Waals surface area contributed by atoms with E-state index in [9.17, 15) is 0 Å². The van der Waals surface area contributed by atoms with E-state index < -0.39 is 0 Å². The minimum Gasteiger partial charge on any atom is -0.437 e. The molecule has 0 radical (unpaired) electrons. The van der Waals surface area contributed by atoms with E-state index in [0.29, 0.717) is 29.7 Å². The highest BCUT2D eigenvalue weighted by Crippen LogP contribution is 2.22. The summed E-state index contributed by atoms with van der Waals surface area (Å²) in [6.07, 6.45) is 2.43. The Kier molecular flexibility index (Phi) is 3.18. The maximum absolute atomic E-state index is 5.68. The number of pyridine rings is 1. The number of anilines is 1. The Labute approximate surface area is 99.7 Å². The third kappa shape index (κ3) is 2.69. The topological polar surface area (TPSA) is 73.9 Å². The summed E-state index contributed by atoms with van der Waals surface area (Å²) in [5, 5.41) is 0. The van der Waals surface area contributed by atoms with Gasteiger partial charge in [-0.2, -0.15) is 4.98 Å². The molecule has 0 aliphatic carbocycles. The van der Waals surface area contributed by atoms with Gasteiger partial charge >= 0.3 is 0 Å². The Morgan fingerprint density at radius 3 is 2.88 bits per heavy atom. The van der Waals surface area contributed by atoms with Crippen molar-refractivity contribution in [1.82, 2.24) is 15.0 Å². The number of nitrogens with two attached hydrogens (primary N) is 1. The first kappa shape index (κ1) is 11.3. The van der Waals surface area contributed by atoms with Gasteiger partial charge in [0.1, 0.15) is 11.6 Å². The Bertz CT molecular complexity index is 528. The molecule has 0 amide bonds. The highest BCUT2D eigenvalue weighted by Gasteiger charge is 2.05. The van der Waals surface area contributed by atoms with Gasteiger partial charge < -0.3 is 10.5 Å². The maximum Gasteiger partial charge on any atom is 0.224 e. The zero-order valence-corrected chi connectivity index (χ0v) is 9.84. The molecule has 0 bridgehead atoms. The van der Waals surface area contributed by atoms with Gasteiger partial charge in [-0.3, -0.25) is 4.98 Å². The summed E-state index contributed by atoms with van der Waals surface area (Å²) >= 11 is 0. The standard InChI is InChI=1S/C12H14N4O/c1-3-11-15-10(13)7-12(16-11)17-9-5-4-6-14-8(9)2/h4-7H,3H2,1-2H3,(H2,13,15,16). The van der Waals surface area contributed by atoms with Crippen LogP contribution in [0.15, 0.2) is 24.4 Å². The van der Waals surface area contributed by atoms with Crippen LogP contribution in [0.1, 0.15) is 18.4 Å². The first-order chi connectivity index (χ1) is 8.19. The number of hydrogen-bond acceptors (Lipinski definition) is 5. The van der Waals surface area contributed by atoms with Crippen LogP contribution in [0.2, 0.25) is 0 Å². The minimum absolute atomic E-state index is 0.411. The Morgan fingerprint density at radius 2 is 2.18 bits per heavy atom. The molecule has 17 heavy (non-hydrogen) atoms. The van der Waals surface area contributed by atoms with Crippen LogP contribution in [0.4, 0.5) is 5.82 Å². The molecule has 5 nitrogen and oxygen atoms in total. The van der Waals surface area contributed by atoms with E-state index in [1.807, 2.05) is 26.0 Å². The Balaban J connectivity index is 2.30. The zero-order valence-electron chi connectivity index (χ0n) is 9.84. The van der Waals surface area contributed by atoms with Crippen LogP contribution in [0.5, 0.6) is 11.6 Å². The SMILES string of the molecule is CCc1nc(N)cc(Oc2cccnc2C)n1. The number of aryl methyl sites for hydroxylation is 2. The molecule has 0 aliphatic rings. The number of nitrogen functional groups attached to an aromatic ring is 1. The van der Waals surface area contributed by atoms with Crippen molar-refractivity contribution in [2.45, 2.75) is 20.3 Å². The highest BCUT2D eigenvalue weighted by molar-refractivity contribution is 5.36. The lowest BCUT2D eigenvalue weighted by Gasteiger charge is -2.08. The molecule has 0 unspecified atom stereocenters. The lowest BCUT2D eigenvalue weighted by atomic mass is 10.3. The van der Waals surface area contributed by atoms with Crippen LogP contribution in [-0.4, -0.2) is 15.0 Å². The maximum atomic E-state index is 5.68. The molecule has 88 valence electrons. The molecule has 0 fully saturated rings. The van der Waals surface area contributed by atoms with Crippen molar-refractivity contribution in [3.8, 4) is 11.6 Å². The molecule has 5 heteroatoms. The third-order valence-electron chi connectivity index (χ3n) is 2.26. The van der Waals surface area contributed by atoms with Crippen molar-refractivity contribution in [3.05, 3.63) is 35.9 Å². The molecule has 2 N–H and O–H groups in total. The number of aromatic nitrogens is 3. The van der Waals surface area contributed by atoms with Gasteiger partial charge in [0, 0.05) is 18.7 Å². The van der Waals surface area contributed by atoms with Crippen LogP contribution in [0.3, 0.4) is 0 Å². The molecule has 0 atom stereocenters.